The molecule has 2 aliphatic rings. The molecule has 1 saturated heterocycles. The Morgan fingerprint density at radius 2 is 2.38 bits per heavy atom. The summed E-state index contributed by atoms with van der Waals surface area (Å²) in [5.74, 6) is 0.204. The fraction of sp³-hybridized carbons (Fsp3) is 0.900. The summed E-state index contributed by atoms with van der Waals surface area (Å²) >= 11 is 0. The van der Waals surface area contributed by atoms with Gasteiger partial charge in [-0.05, 0) is 38.1 Å². The summed E-state index contributed by atoms with van der Waals surface area (Å²) < 4.78 is 5.09. The number of rotatable bonds is 2. The standard InChI is InChI=1S/C10H17NO2/c1-2-13-9(12)8-3-6-11-7-10(8)4-5-10/h8,11H,2-7H2,1H3. The first-order chi connectivity index (χ1) is 6.28. The van der Waals surface area contributed by atoms with Crippen molar-refractivity contribution in [3.8, 4) is 0 Å². The largest absolute Gasteiger partial charge is 0.466 e. The van der Waals surface area contributed by atoms with E-state index >= 15 is 0 Å². The zero-order valence-corrected chi connectivity index (χ0v) is 8.14. The van der Waals surface area contributed by atoms with Gasteiger partial charge in [-0.2, -0.15) is 0 Å². The van der Waals surface area contributed by atoms with E-state index in [1.54, 1.807) is 0 Å². The number of carbonyl (C=O) groups is 1. The summed E-state index contributed by atoms with van der Waals surface area (Å²) in [5.41, 5.74) is 0.282. The Balaban J connectivity index is 1.99. The lowest BCUT2D eigenvalue weighted by atomic mass is 9.83. The molecule has 1 atom stereocenters. The highest BCUT2D eigenvalue weighted by molar-refractivity contribution is 5.74. The molecule has 2 fully saturated rings. The summed E-state index contributed by atoms with van der Waals surface area (Å²) in [6.07, 6.45) is 3.35. The predicted molar refractivity (Wildman–Crippen MR) is 49.3 cm³/mol. The minimum absolute atomic E-state index is 0.0292. The van der Waals surface area contributed by atoms with Gasteiger partial charge in [0.05, 0.1) is 12.5 Å². The number of esters is 1. The molecule has 0 radical (unpaired) electrons. The van der Waals surface area contributed by atoms with Crippen LogP contribution in [-0.2, 0) is 9.53 Å². The van der Waals surface area contributed by atoms with Crippen LogP contribution in [0.25, 0.3) is 0 Å². The van der Waals surface area contributed by atoms with E-state index in [0.29, 0.717) is 6.61 Å². The van der Waals surface area contributed by atoms with Crippen LogP contribution in [0.1, 0.15) is 26.2 Å². The molecule has 1 aliphatic heterocycles. The van der Waals surface area contributed by atoms with E-state index in [1.807, 2.05) is 6.92 Å². The first-order valence-electron chi connectivity index (χ1n) is 5.16. The maximum Gasteiger partial charge on any atom is 0.309 e. The first kappa shape index (κ1) is 9.00. The molecule has 1 unspecified atom stereocenters. The predicted octanol–water partition coefficient (Wildman–Crippen LogP) is 0.939. The number of hydrogen-bond donors (Lipinski definition) is 1. The first-order valence-corrected chi connectivity index (χ1v) is 5.16. The summed E-state index contributed by atoms with van der Waals surface area (Å²) in [5, 5.41) is 3.36. The molecule has 0 aromatic heterocycles. The van der Waals surface area contributed by atoms with Crippen molar-refractivity contribution in [1.29, 1.82) is 0 Å². The maximum atomic E-state index is 11.6. The van der Waals surface area contributed by atoms with Crippen LogP contribution >= 0.6 is 0 Å². The van der Waals surface area contributed by atoms with E-state index in [2.05, 4.69) is 5.32 Å². The molecule has 1 aliphatic carbocycles. The molecule has 0 aromatic carbocycles. The van der Waals surface area contributed by atoms with Crippen LogP contribution in [0, 0.1) is 11.3 Å². The summed E-state index contributed by atoms with van der Waals surface area (Å²) in [6.45, 7) is 4.36. The van der Waals surface area contributed by atoms with Gasteiger partial charge in [-0.1, -0.05) is 0 Å². The molecular weight excluding hydrogens is 166 g/mol. The Morgan fingerprint density at radius 1 is 1.62 bits per heavy atom. The van der Waals surface area contributed by atoms with Gasteiger partial charge in [0.1, 0.15) is 0 Å². The van der Waals surface area contributed by atoms with E-state index < -0.39 is 0 Å². The lowest BCUT2D eigenvalue weighted by molar-refractivity contribution is -0.151. The van der Waals surface area contributed by atoms with Crippen LogP contribution in [0.4, 0.5) is 0 Å². The SMILES string of the molecule is CCOC(=O)C1CCNCC12CC2. The minimum atomic E-state index is 0.0292. The molecule has 74 valence electrons. The maximum absolute atomic E-state index is 11.6. The minimum Gasteiger partial charge on any atom is -0.466 e. The molecule has 0 aromatic rings. The smallest absolute Gasteiger partial charge is 0.309 e. The lowest BCUT2D eigenvalue weighted by Crippen LogP contribution is -2.42. The van der Waals surface area contributed by atoms with Crippen molar-refractivity contribution in [1.82, 2.24) is 5.32 Å². The third-order valence-corrected chi connectivity index (χ3v) is 3.29. The Labute approximate surface area is 78.8 Å². The number of hydrogen-bond acceptors (Lipinski definition) is 3. The molecule has 3 nitrogen and oxygen atoms in total. The van der Waals surface area contributed by atoms with Crippen LogP contribution in [0.2, 0.25) is 0 Å². The van der Waals surface area contributed by atoms with E-state index in [-0.39, 0.29) is 17.3 Å². The van der Waals surface area contributed by atoms with Gasteiger partial charge in [-0.3, -0.25) is 4.79 Å². The number of piperidine rings is 1. The van der Waals surface area contributed by atoms with E-state index in [4.69, 9.17) is 4.74 Å². The van der Waals surface area contributed by atoms with Gasteiger partial charge in [-0.25, -0.2) is 0 Å². The van der Waals surface area contributed by atoms with Crippen LogP contribution in [0.3, 0.4) is 0 Å². The molecular formula is C10H17NO2. The van der Waals surface area contributed by atoms with Crippen LogP contribution in [-0.4, -0.2) is 25.7 Å². The number of nitrogens with one attached hydrogen (secondary N) is 1. The summed E-state index contributed by atoms with van der Waals surface area (Å²) in [4.78, 5) is 11.6. The van der Waals surface area contributed by atoms with Crippen molar-refractivity contribution >= 4 is 5.97 Å². The van der Waals surface area contributed by atoms with Crippen LogP contribution < -0.4 is 5.32 Å². The molecule has 0 bridgehead atoms. The summed E-state index contributed by atoms with van der Waals surface area (Å²) in [6, 6.07) is 0. The van der Waals surface area contributed by atoms with Gasteiger partial charge >= 0.3 is 5.97 Å². The summed E-state index contributed by atoms with van der Waals surface area (Å²) in [7, 11) is 0. The highest BCUT2D eigenvalue weighted by Crippen LogP contribution is 2.54. The van der Waals surface area contributed by atoms with Gasteiger partial charge < -0.3 is 10.1 Å². The average Bonchev–Trinajstić information content (AvgIpc) is 2.87. The van der Waals surface area contributed by atoms with E-state index in [1.165, 1.54) is 12.8 Å². The lowest BCUT2D eigenvalue weighted by Gasteiger charge is -2.30. The van der Waals surface area contributed by atoms with Crippen LogP contribution in [0.15, 0.2) is 0 Å². The van der Waals surface area contributed by atoms with Crippen molar-refractivity contribution in [3.05, 3.63) is 0 Å². The van der Waals surface area contributed by atoms with Crippen molar-refractivity contribution in [2.45, 2.75) is 26.2 Å². The van der Waals surface area contributed by atoms with Crippen molar-refractivity contribution in [2.24, 2.45) is 11.3 Å². The molecule has 1 spiro atoms. The quantitative estimate of drug-likeness (QED) is 0.647. The highest BCUT2D eigenvalue weighted by Gasteiger charge is 2.53. The molecule has 2 rings (SSSR count). The fourth-order valence-corrected chi connectivity index (χ4v) is 2.31. The monoisotopic (exact) mass is 183 g/mol. The molecule has 1 heterocycles. The fourth-order valence-electron chi connectivity index (χ4n) is 2.31. The van der Waals surface area contributed by atoms with Gasteiger partial charge in [0.15, 0.2) is 0 Å². The zero-order chi connectivity index (χ0) is 9.31. The molecule has 3 heteroatoms. The van der Waals surface area contributed by atoms with Crippen molar-refractivity contribution in [3.63, 3.8) is 0 Å². The van der Waals surface area contributed by atoms with Crippen LogP contribution in [0.5, 0.6) is 0 Å². The van der Waals surface area contributed by atoms with Gasteiger partial charge in [-0.15, -0.1) is 0 Å². The van der Waals surface area contributed by atoms with E-state index in [0.717, 1.165) is 19.5 Å². The second kappa shape index (κ2) is 3.29. The van der Waals surface area contributed by atoms with Gasteiger partial charge in [0, 0.05) is 6.54 Å². The number of carbonyl (C=O) groups excluding carboxylic acids is 1. The molecule has 1 saturated carbocycles. The third-order valence-electron chi connectivity index (χ3n) is 3.29. The average molecular weight is 183 g/mol. The highest BCUT2D eigenvalue weighted by atomic mass is 16.5. The topological polar surface area (TPSA) is 38.3 Å². The second-order valence-corrected chi connectivity index (χ2v) is 4.13. The van der Waals surface area contributed by atoms with Gasteiger partial charge in [0.2, 0.25) is 0 Å². The zero-order valence-electron chi connectivity index (χ0n) is 8.14. The normalized spacial score (nSPS) is 30.1. The number of ether oxygens (including phenoxy) is 1. The Kier molecular flexibility index (Phi) is 2.28. The molecule has 1 N–H and O–H groups in total. The Bertz CT molecular complexity index is 211. The van der Waals surface area contributed by atoms with Crippen molar-refractivity contribution in [2.75, 3.05) is 19.7 Å². The Hall–Kier alpha value is -0.570. The molecule has 0 amide bonds. The Morgan fingerprint density at radius 3 is 3.00 bits per heavy atom. The van der Waals surface area contributed by atoms with Gasteiger partial charge in [0.25, 0.3) is 0 Å². The second-order valence-electron chi connectivity index (χ2n) is 4.13. The third kappa shape index (κ3) is 1.57. The molecule has 13 heavy (non-hydrogen) atoms. The van der Waals surface area contributed by atoms with Crippen molar-refractivity contribution < 1.29 is 9.53 Å². The van der Waals surface area contributed by atoms with E-state index in [9.17, 15) is 4.79 Å².